The highest BCUT2D eigenvalue weighted by atomic mass is 16.5. The summed E-state index contributed by atoms with van der Waals surface area (Å²) in [7, 11) is 0. The van der Waals surface area contributed by atoms with Gasteiger partial charge in [0.2, 0.25) is 0 Å². The summed E-state index contributed by atoms with van der Waals surface area (Å²) in [4.78, 5) is 9.30. The van der Waals surface area contributed by atoms with Crippen molar-refractivity contribution in [3.05, 3.63) is 29.8 Å². The molecule has 0 spiro atoms. The molecule has 24 heavy (non-hydrogen) atoms. The van der Waals surface area contributed by atoms with Crippen LogP contribution in [0.4, 0.5) is 0 Å². The van der Waals surface area contributed by atoms with Crippen LogP contribution < -0.4 is 0 Å². The van der Waals surface area contributed by atoms with Gasteiger partial charge in [-0.3, -0.25) is 4.40 Å². The molecule has 0 unspecified atom stereocenters. The molecule has 128 valence electrons. The summed E-state index contributed by atoms with van der Waals surface area (Å²) in [5.41, 5.74) is 5.72. The van der Waals surface area contributed by atoms with Crippen LogP contribution in [0, 0.1) is 6.92 Å². The van der Waals surface area contributed by atoms with Crippen molar-refractivity contribution in [3.63, 3.8) is 0 Å². The second-order valence-corrected chi connectivity index (χ2v) is 6.96. The highest BCUT2D eigenvalue weighted by molar-refractivity contribution is 5.79. The molecular weight excluding hydrogens is 300 g/mol. The highest BCUT2D eigenvalue weighted by Crippen LogP contribution is 2.34. The summed E-state index contributed by atoms with van der Waals surface area (Å²) in [6, 6.07) is 0. The van der Waals surface area contributed by atoms with Gasteiger partial charge in [-0.05, 0) is 31.7 Å². The largest absolute Gasteiger partial charge is 0.361 e. The van der Waals surface area contributed by atoms with Crippen LogP contribution in [-0.2, 0) is 11.5 Å². The molecule has 1 fully saturated rings. The van der Waals surface area contributed by atoms with Crippen molar-refractivity contribution in [2.24, 2.45) is 0 Å². The maximum absolute atomic E-state index is 5.73. The van der Waals surface area contributed by atoms with Gasteiger partial charge in [0.15, 0.2) is 11.3 Å². The molecule has 0 saturated heterocycles. The lowest BCUT2D eigenvalue weighted by Gasteiger charge is -2.21. The summed E-state index contributed by atoms with van der Waals surface area (Å²) < 4.78 is 10.2. The zero-order valence-corrected chi connectivity index (χ0v) is 14.7. The molecule has 3 heterocycles. The van der Waals surface area contributed by atoms with Crippen molar-refractivity contribution in [3.8, 4) is 0 Å². The number of hydrogen-bond acceptors (Lipinski definition) is 3. The predicted molar refractivity (Wildman–Crippen MR) is 95.3 cm³/mol. The minimum Gasteiger partial charge on any atom is -0.361 e. The van der Waals surface area contributed by atoms with E-state index in [1.165, 1.54) is 48.9 Å². The molecule has 4 rings (SSSR count). The number of hydrogen-bond donors (Lipinski definition) is 0. The van der Waals surface area contributed by atoms with Gasteiger partial charge in [0, 0.05) is 30.6 Å². The van der Waals surface area contributed by atoms with E-state index in [0.29, 0.717) is 12.6 Å². The number of imidazole rings is 1. The monoisotopic (exact) mass is 326 g/mol. The molecule has 1 saturated carbocycles. The van der Waals surface area contributed by atoms with E-state index in [0.717, 1.165) is 24.3 Å². The quantitative estimate of drug-likeness (QED) is 0.652. The van der Waals surface area contributed by atoms with E-state index in [2.05, 4.69) is 45.2 Å². The smallest absolute Gasteiger partial charge is 0.159 e. The van der Waals surface area contributed by atoms with Gasteiger partial charge in [-0.15, -0.1) is 0 Å². The van der Waals surface area contributed by atoms with Crippen LogP contribution in [0.25, 0.3) is 16.8 Å². The predicted octanol–water partition coefficient (Wildman–Crippen LogP) is 4.42. The fraction of sp³-hybridized carbons (Fsp3) is 0.579. The Hall–Kier alpha value is -1.88. The third-order valence-electron chi connectivity index (χ3n) is 5.15. The molecule has 5 heteroatoms. The Kier molecular flexibility index (Phi) is 4.27. The average molecular weight is 326 g/mol. The number of ether oxygens (including phenoxy) is 1. The van der Waals surface area contributed by atoms with E-state index < -0.39 is 0 Å². The Labute approximate surface area is 142 Å². The first-order valence-electron chi connectivity index (χ1n) is 9.19. The molecule has 3 aromatic heterocycles. The molecule has 0 amide bonds. The first-order chi connectivity index (χ1) is 11.8. The summed E-state index contributed by atoms with van der Waals surface area (Å²) >= 11 is 0. The van der Waals surface area contributed by atoms with E-state index in [-0.39, 0.29) is 0 Å². The number of fused-ring (bicyclic) bond motifs is 3. The summed E-state index contributed by atoms with van der Waals surface area (Å²) in [5, 5.41) is 0. The van der Waals surface area contributed by atoms with E-state index in [1.54, 1.807) is 0 Å². The Morgan fingerprint density at radius 1 is 1.17 bits per heavy atom. The number of nitrogens with zero attached hydrogens (tertiary/aromatic N) is 4. The van der Waals surface area contributed by atoms with Crippen molar-refractivity contribution >= 4 is 16.8 Å². The third kappa shape index (κ3) is 2.61. The zero-order valence-electron chi connectivity index (χ0n) is 14.7. The van der Waals surface area contributed by atoms with Crippen molar-refractivity contribution in [1.82, 2.24) is 18.9 Å². The van der Waals surface area contributed by atoms with E-state index in [4.69, 9.17) is 4.74 Å². The third-order valence-corrected chi connectivity index (χ3v) is 5.15. The minimum absolute atomic E-state index is 0.560. The number of rotatable bonds is 5. The van der Waals surface area contributed by atoms with Gasteiger partial charge in [0.05, 0.1) is 11.7 Å². The van der Waals surface area contributed by atoms with Crippen LogP contribution >= 0.6 is 0 Å². The molecule has 5 nitrogen and oxygen atoms in total. The second-order valence-electron chi connectivity index (χ2n) is 6.96. The Bertz CT molecular complexity index is 842. The molecular formula is C19H26N4O. The Balaban J connectivity index is 1.82. The number of aryl methyl sites for hydroxylation is 1. The molecule has 0 aromatic carbocycles. The van der Waals surface area contributed by atoms with Gasteiger partial charge in [-0.1, -0.05) is 26.2 Å². The van der Waals surface area contributed by atoms with Crippen molar-refractivity contribution in [1.29, 1.82) is 0 Å². The average Bonchev–Trinajstić information content (AvgIpc) is 3.17. The van der Waals surface area contributed by atoms with E-state index in [1.807, 2.05) is 6.20 Å². The van der Waals surface area contributed by atoms with Crippen LogP contribution in [0.2, 0.25) is 0 Å². The van der Waals surface area contributed by atoms with Crippen molar-refractivity contribution in [2.45, 2.75) is 65.0 Å². The molecule has 0 radical (unpaired) electrons. The topological polar surface area (TPSA) is 44.3 Å². The van der Waals surface area contributed by atoms with Crippen LogP contribution in [0.5, 0.6) is 0 Å². The first-order valence-corrected chi connectivity index (χ1v) is 9.19. The zero-order chi connectivity index (χ0) is 16.5. The standard InChI is InChI=1S/C19H26N4O/c1-3-9-24-13-22-12-14(2)18-19(22)21-11-17-20-10-16(23(17)18)15-7-5-4-6-8-15/h10-12,15H,3-9,13H2,1-2H3. The van der Waals surface area contributed by atoms with E-state index in [9.17, 15) is 0 Å². The second kappa shape index (κ2) is 6.55. The van der Waals surface area contributed by atoms with Gasteiger partial charge in [0.25, 0.3) is 0 Å². The van der Waals surface area contributed by atoms with Crippen LogP contribution in [-0.4, -0.2) is 25.5 Å². The molecule has 0 N–H and O–H groups in total. The van der Waals surface area contributed by atoms with Gasteiger partial charge in [-0.2, -0.15) is 0 Å². The normalized spacial score (nSPS) is 16.4. The van der Waals surface area contributed by atoms with Gasteiger partial charge in [0.1, 0.15) is 6.73 Å². The van der Waals surface area contributed by atoms with E-state index >= 15 is 0 Å². The van der Waals surface area contributed by atoms with Crippen molar-refractivity contribution in [2.75, 3.05) is 6.61 Å². The maximum atomic E-state index is 5.73. The highest BCUT2D eigenvalue weighted by Gasteiger charge is 2.21. The first kappa shape index (κ1) is 15.6. The molecule has 1 aliphatic rings. The molecule has 0 bridgehead atoms. The Morgan fingerprint density at radius 3 is 2.79 bits per heavy atom. The Morgan fingerprint density at radius 2 is 2.00 bits per heavy atom. The number of aromatic nitrogens is 4. The fourth-order valence-corrected chi connectivity index (χ4v) is 4.01. The van der Waals surface area contributed by atoms with Crippen LogP contribution in [0.15, 0.2) is 18.6 Å². The lowest BCUT2D eigenvalue weighted by molar-refractivity contribution is 0.0800. The summed E-state index contributed by atoms with van der Waals surface area (Å²) in [6.45, 7) is 5.62. The molecule has 1 aliphatic carbocycles. The maximum Gasteiger partial charge on any atom is 0.159 e. The van der Waals surface area contributed by atoms with Crippen molar-refractivity contribution < 1.29 is 4.74 Å². The SMILES string of the molecule is CCCOCn1cc(C)c2c1ncc1ncc(C3CCCCC3)n12. The van der Waals surface area contributed by atoms with Crippen LogP contribution in [0.3, 0.4) is 0 Å². The summed E-state index contributed by atoms with van der Waals surface area (Å²) in [6.07, 6.45) is 13.7. The molecule has 0 aliphatic heterocycles. The lowest BCUT2D eigenvalue weighted by Crippen LogP contribution is -2.08. The molecule has 0 atom stereocenters. The van der Waals surface area contributed by atoms with Gasteiger partial charge in [-0.25, -0.2) is 9.97 Å². The van der Waals surface area contributed by atoms with Gasteiger partial charge >= 0.3 is 0 Å². The van der Waals surface area contributed by atoms with Gasteiger partial charge < -0.3 is 9.30 Å². The summed E-state index contributed by atoms with van der Waals surface area (Å²) in [5.74, 6) is 0.624. The van der Waals surface area contributed by atoms with Crippen LogP contribution in [0.1, 0.15) is 62.6 Å². The minimum atomic E-state index is 0.560. The molecule has 3 aromatic rings. The lowest BCUT2D eigenvalue weighted by atomic mass is 9.87. The fourth-order valence-electron chi connectivity index (χ4n) is 4.01.